The van der Waals surface area contributed by atoms with Gasteiger partial charge in [0.2, 0.25) is 0 Å². The van der Waals surface area contributed by atoms with Crippen molar-refractivity contribution in [3.05, 3.63) is 17.8 Å². The van der Waals surface area contributed by atoms with Crippen molar-refractivity contribution < 1.29 is 9.53 Å². The molecule has 1 heterocycles. The van der Waals surface area contributed by atoms with Crippen LogP contribution in [0.4, 0.5) is 10.6 Å². The van der Waals surface area contributed by atoms with E-state index in [1.807, 2.05) is 6.07 Å². The van der Waals surface area contributed by atoms with Crippen molar-refractivity contribution in [3.63, 3.8) is 0 Å². The first-order valence-corrected chi connectivity index (χ1v) is 7.73. The standard InChI is InChI=1S/C16H26N4O2/c1-15(2,3)12-5-6-13(20-19-12)18-14(21)17-11-16(7-8-16)9-10-22-4/h5-6H,7-11H2,1-4H3,(H2,17,18,20,21). The highest BCUT2D eigenvalue weighted by molar-refractivity contribution is 5.88. The van der Waals surface area contributed by atoms with Crippen LogP contribution in [0, 0.1) is 5.41 Å². The third kappa shape index (κ3) is 4.66. The number of methoxy groups -OCH3 is 1. The Morgan fingerprint density at radius 1 is 1.32 bits per heavy atom. The van der Waals surface area contributed by atoms with Gasteiger partial charge in [0.1, 0.15) is 0 Å². The number of aromatic nitrogens is 2. The predicted molar refractivity (Wildman–Crippen MR) is 85.9 cm³/mol. The number of carbonyl (C=O) groups is 1. The number of hydrogen-bond donors (Lipinski definition) is 2. The Kier molecular flexibility index (Phi) is 5.01. The van der Waals surface area contributed by atoms with E-state index in [0.29, 0.717) is 12.4 Å². The monoisotopic (exact) mass is 306 g/mol. The fourth-order valence-electron chi connectivity index (χ4n) is 2.24. The lowest BCUT2D eigenvalue weighted by Gasteiger charge is -2.17. The maximum absolute atomic E-state index is 11.9. The summed E-state index contributed by atoms with van der Waals surface area (Å²) in [5, 5.41) is 13.8. The van der Waals surface area contributed by atoms with Gasteiger partial charge in [0.05, 0.1) is 5.69 Å². The normalized spacial score (nSPS) is 16.2. The van der Waals surface area contributed by atoms with Crippen LogP contribution in [-0.2, 0) is 10.2 Å². The van der Waals surface area contributed by atoms with Crippen LogP contribution in [0.1, 0.15) is 45.7 Å². The number of carbonyl (C=O) groups excluding carboxylic acids is 1. The second kappa shape index (κ2) is 6.60. The summed E-state index contributed by atoms with van der Waals surface area (Å²) in [6.45, 7) is 7.64. The molecule has 1 fully saturated rings. The van der Waals surface area contributed by atoms with Gasteiger partial charge in [-0.1, -0.05) is 20.8 Å². The van der Waals surface area contributed by atoms with Crippen molar-refractivity contribution in [2.24, 2.45) is 5.41 Å². The van der Waals surface area contributed by atoms with E-state index in [1.165, 1.54) is 0 Å². The molecule has 0 unspecified atom stereocenters. The van der Waals surface area contributed by atoms with Gasteiger partial charge in [0.15, 0.2) is 5.82 Å². The van der Waals surface area contributed by atoms with Gasteiger partial charge in [-0.25, -0.2) is 4.79 Å². The van der Waals surface area contributed by atoms with Gasteiger partial charge >= 0.3 is 6.03 Å². The van der Waals surface area contributed by atoms with E-state index >= 15 is 0 Å². The molecule has 0 bridgehead atoms. The first-order chi connectivity index (χ1) is 10.3. The van der Waals surface area contributed by atoms with Gasteiger partial charge in [-0.05, 0) is 36.8 Å². The molecular weight excluding hydrogens is 280 g/mol. The second-order valence-electron chi connectivity index (χ2n) is 7.10. The number of hydrogen-bond acceptors (Lipinski definition) is 4. The van der Waals surface area contributed by atoms with Crippen molar-refractivity contribution in [3.8, 4) is 0 Å². The van der Waals surface area contributed by atoms with Gasteiger partial charge in [0.25, 0.3) is 0 Å². The van der Waals surface area contributed by atoms with Crippen LogP contribution in [0.25, 0.3) is 0 Å². The molecule has 2 rings (SSSR count). The van der Waals surface area contributed by atoms with Gasteiger partial charge in [-0.3, -0.25) is 5.32 Å². The Bertz CT molecular complexity index is 504. The van der Waals surface area contributed by atoms with Crippen molar-refractivity contribution in [2.45, 2.75) is 45.4 Å². The first kappa shape index (κ1) is 16.7. The molecule has 122 valence electrons. The minimum atomic E-state index is -0.235. The molecule has 6 nitrogen and oxygen atoms in total. The molecule has 6 heteroatoms. The third-order valence-electron chi connectivity index (χ3n) is 4.09. The number of anilines is 1. The maximum Gasteiger partial charge on any atom is 0.320 e. The number of amides is 2. The largest absolute Gasteiger partial charge is 0.385 e. The smallest absolute Gasteiger partial charge is 0.320 e. The lowest BCUT2D eigenvalue weighted by atomic mass is 9.92. The molecule has 0 aliphatic heterocycles. The second-order valence-corrected chi connectivity index (χ2v) is 7.10. The van der Waals surface area contributed by atoms with Crippen LogP contribution >= 0.6 is 0 Å². The summed E-state index contributed by atoms with van der Waals surface area (Å²) in [6.07, 6.45) is 3.29. The number of rotatable bonds is 6. The van der Waals surface area contributed by atoms with Gasteiger partial charge in [-0.15, -0.1) is 5.10 Å². The zero-order valence-corrected chi connectivity index (χ0v) is 13.9. The number of nitrogens with zero attached hydrogens (tertiary/aromatic N) is 2. The SMILES string of the molecule is COCCC1(CNC(=O)Nc2ccc(C(C)(C)C)nn2)CC1. The Morgan fingerprint density at radius 2 is 2.05 bits per heavy atom. The van der Waals surface area contributed by atoms with Gasteiger partial charge in [-0.2, -0.15) is 5.10 Å². The molecule has 1 saturated carbocycles. The molecule has 2 amide bonds. The summed E-state index contributed by atoms with van der Waals surface area (Å²) in [7, 11) is 1.70. The summed E-state index contributed by atoms with van der Waals surface area (Å²) in [5.41, 5.74) is 1.08. The topological polar surface area (TPSA) is 76.1 Å². The van der Waals surface area contributed by atoms with Crippen molar-refractivity contribution in [1.82, 2.24) is 15.5 Å². The highest BCUT2D eigenvalue weighted by atomic mass is 16.5. The number of urea groups is 1. The number of nitrogens with one attached hydrogen (secondary N) is 2. The molecule has 1 aliphatic rings. The van der Waals surface area contributed by atoms with Gasteiger partial charge in [0, 0.05) is 25.7 Å². The Labute approximate surface area is 132 Å². The van der Waals surface area contributed by atoms with Crippen molar-refractivity contribution in [1.29, 1.82) is 0 Å². The molecule has 1 aromatic rings. The molecule has 22 heavy (non-hydrogen) atoms. The minimum absolute atomic E-state index is 0.0481. The molecule has 0 radical (unpaired) electrons. The van der Waals surface area contributed by atoms with Crippen LogP contribution in [0.5, 0.6) is 0 Å². The van der Waals surface area contributed by atoms with Crippen LogP contribution in [0.3, 0.4) is 0 Å². The van der Waals surface area contributed by atoms with Crippen molar-refractivity contribution >= 4 is 11.8 Å². The Balaban J connectivity index is 1.80. The van der Waals surface area contributed by atoms with E-state index in [-0.39, 0.29) is 16.9 Å². The predicted octanol–water partition coefficient (Wildman–Crippen LogP) is 2.71. The van der Waals surface area contributed by atoms with E-state index in [9.17, 15) is 4.79 Å². The Morgan fingerprint density at radius 3 is 2.55 bits per heavy atom. The highest BCUT2D eigenvalue weighted by Gasteiger charge is 2.42. The first-order valence-electron chi connectivity index (χ1n) is 7.73. The molecule has 2 N–H and O–H groups in total. The molecular formula is C16H26N4O2. The average molecular weight is 306 g/mol. The minimum Gasteiger partial charge on any atom is -0.385 e. The molecule has 0 aromatic carbocycles. The molecule has 0 saturated heterocycles. The lowest BCUT2D eigenvalue weighted by molar-refractivity contribution is 0.171. The summed E-state index contributed by atoms with van der Waals surface area (Å²) in [4.78, 5) is 11.9. The Hall–Kier alpha value is -1.69. The van der Waals surface area contributed by atoms with Gasteiger partial charge < -0.3 is 10.1 Å². The third-order valence-corrected chi connectivity index (χ3v) is 4.09. The van der Waals surface area contributed by atoms with E-state index in [1.54, 1.807) is 13.2 Å². The number of ether oxygens (including phenoxy) is 1. The summed E-state index contributed by atoms with van der Waals surface area (Å²) in [5.74, 6) is 0.465. The quantitative estimate of drug-likeness (QED) is 0.847. The lowest BCUT2D eigenvalue weighted by Crippen LogP contribution is -2.34. The van der Waals surface area contributed by atoms with E-state index in [0.717, 1.165) is 31.6 Å². The van der Waals surface area contributed by atoms with E-state index in [4.69, 9.17) is 4.74 Å². The van der Waals surface area contributed by atoms with Crippen LogP contribution in [0.15, 0.2) is 12.1 Å². The molecule has 1 aromatic heterocycles. The average Bonchev–Trinajstić information content (AvgIpc) is 3.23. The molecule has 0 spiro atoms. The summed E-state index contributed by atoms with van der Waals surface area (Å²) < 4.78 is 5.11. The molecule has 0 atom stereocenters. The maximum atomic E-state index is 11.9. The zero-order chi connectivity index (χ0) is 16.2. The summed E-state index contributed by atoms with van der Waals surface area (Å²) >= 11 is 0. The van der Waals surface area contributed by atoms with E-state index in [2.05, 4.69) is 41.6 Å². The van der Waals surface area contributed by atoms with Crippen LogP contribution in [0.2, 0.25) is 0 Å². The highest BCUT2D eigenvalue weighted by Crippen LogP contribution is 2.48. The fourth-order valence-corrected chi connectivity index (χ4v) is 2.24. The molecule has 1 aliphatic carbocycles. The van der Waals surface area contributed by atoms with Crippen LogP contribution < -0.4 is 10.6 Å². The fraction of sp³-hybridized carbons (Fsp3) is 0.688. The van der Waals surface area contributed by atoms with Crippen LogP contribution in [-0.4, -0.2) is 36.5 Å². The van der Waals surface area contributed by atoms with Crippen molar-refractivity contribution in [2.75, 3.05) is 25.6 Å². The zero-order valence-electron chi connectivity index (χ0n) is 13.9. The van der Waals surface area contributed by atoms with E-state index < -0.39 is 0 Å². The summed E-state index contributed by atoms with van der Waals surface area (Å²) in [6, 6.07) is 3.44.